The Bertz CT molecular complexity index is 1730. The Morgan fingerprint density at radius 1 is 0.557 bits per heavy atom. The predicted octanol–water partition coefficient (Wildman–Crippen LogP) is 7.99. The first-order valence-corrected chi connectivity index (χ1v) is 21.7. The Balaban J connectivity index is 1.32. The van der Waals surface area contributed by atoms with Crippen LogP contribution in [0.5, 0.6) is 0 Å². The summed E-state index contributed by atoms with van der Waals surface area (Å²) in [6, 6.07) is 13.5. The molecule has 4 N–H and O–H groups in total. The maximum absolute atomic E-state index is 13.2. The first-order valence-electron chi connectivity index (χ1n) is 21.7. The number of carbonyl (C=O) groups is 6. The largest absolute Gasteiger partial charge is 0.460 e. The summed E-state index contributed by atoms with van der Waals surface area (Å²) in [4.78, 5) is 76.6. The zero-order chi connectivity index (χ0) is 45.2. The summed E-state index contributed by atoms with van der Waals surface area (Å²) in [5, 5.41) is 11.0. The van der Waals surface area contributed by atoms with Crippen molar-refractivity contribution in [3.05, 3.63) is 59.7 Å². The summed E-state index contributed by atoms with van der Waals surface area (Å²) in [5.41, 5.74) is 2.36. The van der Waals surface area contributed by atoms with Crippen LogP contribution in [-0.2, 0) is 38.1 Å². The van der Waals surface area contributed by atoms with Crippen molar-refractivity contribution in [3.8, 4) is 11.1 Å². The third-order valence-electron chi connectivity index (χ3n) is 9.49. The SMILES string of the molecule is CC(C)(C)OC(=O)CC[C@H](NC(=O)NC(CCCCNC(=O)CCCCCCCNC(=O)OCC1c2ccccc2-c2ccccc21)C(=O)OC(C)(C)C)C(=O)OC(C)(C)C. The minimum atomic E-state index is -1.18. The zero-order valence-corrected chi connectivity index (χ0v) is 37.8. The number of alkyl carbamates (subject to hydrolysis) is 1. The molecule has 14 nitrogen and oxygen atoms in total. The highest BCUT2D eigenvalue weighted by atomic mass is 16.6. The molecule has 0 bridgehead atoms. The summed E-state index contributed by atoms with van der Waals surface area (Å²) in [6.45, 7) is 16.6. The molecule has 61 heavy (non-hydrogen) atoms. The second-order valence-electron chi connectivity index (χ2n) is 18.5. The van der Waals surface area contributed by atoms with Gasteiger partial charge in [0.25, 0.3) is 0 Å². The number of benzene rings is 2. The van der Waals surface area contributed by atoms with Crippen molar-refractivity contribution in [1.82, 2.24) is 21.3 Å². The molecule has 14 heteroatoms. The minimum Gasteiger partial charge on any atom is -0.460 e. The topological polar surface area (TPSA) is 187 Å². The summed E-state index contributed by atoms with van der Waals surface area (Å²) >= 11 is 0. The van der Waals surface area contributed by atoms with Crippen molar-refractivity contribution < 1.29 is 47.7 Å². The van der Waals surface area contributed by atoms with E-state index < -0.39 is 58.9 Å². The minimum absolute atomic E-state index is 0.0219. The van der Waals surface area contributed by atoms with Gasteiger partial charge < -0.3 is 40.2 Å². The van der Waals surface area contributed by atoms with Gasteiger partial charge in [-0.15, -0.1) is 0 Å². The lowest BCUT2D eigenvalue weighted by molar-refractivity contribution is -0.159. The standard InChI is InChI=1S/C47H70N4O10/c1-45(2,3)59-40(53)28-27-38(42(55)61-47(7,8)9)51-43(56)50-37(41(54)60-46(4,5)6)25-18-20-29-48-39(52)26-13-11-10-12-19-30-49-44(57)58-31-36-34-23-16-14-21-32(34)33-22-15-17-24-35(33)36/h14-17,21-24,36-38H,10-13,18-20,25-31H2,1-9H3,(H,48,52)(H,49,57)(H2,50,51,56)/t37?,38-/m0/s1. The maximum atomic E-state index is 13.2. The van der Waals surface area contributed by atoms with E-state index in [0.717, 1.165) is 32.1 Å². The van der Waals surface area contributed by atoms with E-state index in [4.69, 9.17) is 18.9 Å². The summed E-state index contributed by atoms with van der Waals surface area (Å²) in [7, 11) is 0. The fourth-order valence-electron chi connectivity index (χ4n) is 6.83. The molecule has 4 amide bonds. The van der Waals surface area contributed by atoms with E-state index in [1.807, 2.05) is 24.3 Å². The van der Waals surface area contributed by atoms with E-state index in [2.05, 4.69) is 45.5 Å². The highest BCUT2D eigenvalue weighted by Crippen LogP contribution is 2.44. The van der Waals surface area contributed by atoms with Crippen LogP contribution in [0.4, 0.5) is 9.59 Å². The number of ether oxygens (including phenoxy) is 4. The number of urea groups is 1. The summed E-state index contributed by atoms with van der Waals surface area (Å²) < 4.78 is 22.0. The number of carbonyl (C=O) groups excluding carboxylic acids is 6. The van der Waals surface area contributed by atoms with Gasteiger partial charge in [-0.25, -0.2) is 19.2 Å². The average molecular weight is 851 g/mol. The first kappa shape index (κ1) is 50.2. The number of hydrogen-bond acceptors (Lipinski definition) is 10. The Hall–Kier alpha value is -5.14. The van der Waals surface area contributed by atoms with E-state index in [-0.39, 0.29) is 37.7 Å². The third kappa shape index (κ3) is 19.4. The first-order chi connectivity index (χ1) is 28.6. The second kappa shape index (κ2) is 23.7. The number of nitrogens with one attached hydrogen (secondary N) is 4. The van der Waals surface area contributed by atoms with Gasteiger partial charge in [-0.05, 0) is 123 Å². The van der Waals surface area contributed by atoms with Crippen LogP contribution in [-0.4, -0.2) is 84.5 Å². The normalized spacial score (nSPS) is 13.5. The average Bonchev–Trinajstić information content (AvgIpc) is 3.47. The van der Waals surface area contributed by atoms with Crippen LogP contribution in [0, 0.1) is 0 Å². The fourth-order valence-corrected chi connectivity index (χ4v) is 6.83. The molecule has 2 atom stereocenters. The molecule has 0 saturated heterocycles. The van der Waals surface area contributed by atoms with E-state index in [1.165, 1.54) is 22.3 Å². The lowest BCUT2D eigenvalue weighted by Crippen LogP contribution is -2.53. The van der Waals surface area contributed by atoms with E-state index in [0.29, 0.717) is 32.4 Å². The molecule has 0 saturated carbocycles. The number of rotatable bonds is 22. The molecule has 1 unspecified atom stereocenters. The van der Waals surface area contributed by atoms with Gasteiger partial charge in [0.2, 0.25) is 5.91 Å². The molecular formula is C47H70N4O10. The summed E-state index contributed by atoms with van der Waals surface area (Å²) in [6.07, 6.45) is 5.34. The predicted molar refractivity (Wildman–Crippen MR) is 234 cm³/mol. The summed E-state index contributed by atoms with van der Waals surface area (Å²) in [5.74, 6) is -1.93. The molecule has 0 aliphatic heterocycles. The van der Waals surface area contributed by atoms with Gasteiger partial charge in [0, 0.05) is 31.8 Å². The van der Waals surface area contributed by atoms with Gasteiger partial charge in [0.15, 0.2) is 0 Å². The van der Waals surface area contributed by atoms with Crippen molar-refractivity contribution in [2.24, 2.45) is 0 Å². The van der Waals surface area contributed by atoms with Crippen LogP contribution in [0.15, 0.2) is 48.5 Å². The number of unbranched alkanes of at least 4 members (excludes halogenated alkanes) is 5. The second-order valence-corrected chi connectivity index (χ2v) is 18.5. The van der Waals surface area contributed by atoms with E-state index in [9.17, 15) is 28.8 Å². The molecule has 2 aromatic carbocycles. The molecule has 1 aliphatic carbocycles. The van der Waals surface area contributed by atoms with Gasteiger partial charge in [0.05, 0.1) is 0 Å². The van der Waals surface area contributed by atoms with Crippen LogP contribution in [0.2, 0.25) is 0 Å². The lowest BCUT2D eigenvalue weighted by atomic mass is 9.98. The third-order valence-corrected chi connectivity index (χ3v) is 9.49. The van der Waals surface area contributed by atoms with Crippen LogP contribution in [0.3, 0.4) is 0 Å². The van der Waals surface area contributed by atoms with Crippen LogP contribution in [0.25, 0.3) is 11.1 Å². The highest BCUT2D eigenvalue weighted by Gasteiger charge is 2.32. The van der Waals surface area contributed by atoms with Crippen molar-refractivity contribution in [1.29, 1.82) is 0 Å². The van der Waals surface area contributed by atoms with Gasteiger partial charge in [-0.2, -0.15) is 0 Å². The maximum Gasteiger partial charge on any atom is 0.407 e. The van der Waals surface area contributed by atoms with Crippen molar-refractivity contribution in [2.75, 3.05) is 19.7 Å². The van der Waals surface area contributed by atoms with Crippen LogP contribution in [0.1, 0.15) is 150 Å². The Labute approximate surface area is 362 Å². The molecule has 3 rings (SSSR count). The van der Waals surface area contributed by atoms with Gasteiger partial charge in [-0.1, -0.05) is 67.8 Å². The van der Waals surface area contributed by atoms with E-state index in [1.54, 1.807) is 62.3 Å². The van der Waals surface area contributed by atoms with Crippen molar-refractivity contribution >= 4 is 35.9 Å². The molecular weight excluding hydrogens is 781 g/mol. The molecule has 2 aromatic rings. The molecule has 0 aromatic heterocycles. The Kier molecular flexibility index (Phi) is 19.6. The smallest absolute Gasteiger partial charge is 0.407 e. The molecule has 0 radical (unpaired) electrons. The molecule has 338 valence electrons. The van der Waals surface area contributed by atoms with Gasteiger partial charge in [-0.3, -0.25) is 9.59 Å². The lowest BCUT2D eigenvalue weighted by Gasteiger charge is -2.27. The highest BCUT2D eigenvalue weighted by molar-refractivity contribution is 5.87. The van der Waals surface area contributed by atoms with Crippen molar-refractivity contribution in [2.45, 2.75) is 168 Å². The number of esters is 3. The molecule has 0 spiro atoms. The fraction of sp³-hybridized carbons (Fsp3) is 0.617. The van der Waals surface area contributed by atoms with Gasteiger partial charge in [0.1, 0.15) is 35.5 Å². The number of amides is 4. The number of fused-ring (bicyclic) bond motifs is 3. The molecule has 0 fully saturated rings. The van der Waals surface area contributed by atoms with Crippen LogP contribution < -0.4 is 21.3 Å². The monoisotopic (exact) mass is 851 g/mol. The molecule has 0 heterocycles. The molecule has 1 aliphatic rings. The van der Waals surface area contributed by atoms with Crippen LogP contribution >= 0.6 is 0 Å². The zero-order valence-electron chi connectivity index (χ0n) is 37.8. The van der Waals surface area contributed by atoms with E-state index >= 15 is 0 Å². The number of hydrogen-bond donors (Lipinski definition) is 4. The van der Waals surface area contributed by atoms with Gasteiger partial charge >= 0.3 is 30.0 Å². The quantitative estimate of drug-likeness (QED) is 0.0514. The Morgan fingerprint density at radius 2 is 1.03 bits per heavy atom. The Morgan fingerprint density at radius 3 is 1.59 bits per heavy atom. The van der Waals surface area contributed by atoms with Crippen molar-refractivity contribution in [3.63, 3.8) is 0 Å².